The van der Waals surface area contributed by atoms with Crippen molar-refractivity contribution in [1.29, 1.82) is 0 Å². The summed E-state index contributed by atoms with van der Waals surface area (Å²) in [4.78, 5) is 23.8. The van der Waals surface area contributed by atoms with Crippen LogP contribution in [0.15, 0.2) is 12.1 Å². The van der Waals surface area contributed by atoms with Gasteiger partial charge in [0.25, 0.3) is 0 Å². The molecule has 0 radical (unpaired) electrons. The van der Waals surface area contributed by atoms with Crippen molar-refractivity contribution in [3.63, 3.8) is 0 Å². The number of nitrogens with one attached hydrogen (secondary N) is 1. The molecular weight excluding hydrogens is 248 g/mol. The highest BCUT2D eigenvalue weighted by Gasteiger charge is 2.11. The molecule has 19 heavy (non-hydrogen) atoms. The molecular formula is C12H18N4O3. The predicted octanol–water partition coefficient (Wildman–Crippen LogP) is 0.383. The van der Waals surface area contributed by atoms with Crippen molar-refractivity contribution in [2.75, 3.05) is 25.0 Å². The maximum absolute atomic E-state index is 11.6. The van der Waals surface area contributed by atoms with Gasteiger partial charge in [0.15, 0.2) is 11.5 Å². The Balaban J connectivity index is 2.55. The van der Waals surface area contributed by atoms with Gasteiger partial charge in [0.2, 0.25) is 5.91 Å². The van der Waals surface area contributed by atoms with Crippen LogP contribution in [-0.4, -0.2) is 47.3 Å². The summed E-state index contributed by atoms with van der Waals surface area (Å²) in [7, 11) is 1.69. The van der Waals surface area contributed by atoms with Crippen LogP contribution in [0, 0.1) is 5.92 Å². The molecule has 7 heteroatoms. The van der Waals surface area contributed by atoms with E-state index in [1.165, 1.54) is 12.1 Å². The normalized spacial score (nSPS) is 10.3. The molecule has 0 unspecified atom stereocenters. The number of amides is 1. The van der Waals surface area contributed by atoms with Crippen LogP contribution < -0.4 is 10.2 Å². The van der Waals surface area contributed by atoms with E-state index in [1.807, 2.05) is 13.8 Å². The molecule has 1 aromatic heterocycles. The van der Waals surface area contributed by atoms with E-state index in [9.17, 15) is 9.59 Å². The first-order valence-corrected chi connectivity index (χ1v) is 5.95. The fraction of sp³-hybridized carbons (Fsp3) is 0.500. The quantitative estimate of drug-likeness (QED) is 0.773. The fourth-order valence-electron chi connectivity index (χ4n) is 1.31. The van der Waals surface area contributed by atoms with Crippen molar-refractivity contribution in [3.05, 3.63) is 17.8 Å². The van der Waals surface area contributed by atoms with E-state index >= 15 is 0 Å². The van der Waals surface area contributed by atoms with Gasteiger partial charge in [-0.3, -0.25) is 4.79 Å². The highest BCUT2D eigenvalue weighted by molar-refractivity contribution is 5.85. The number of rotatable bonds is 6. The number of carbonyl (C=O) groups excluding carboxylic acids is 1. The second-order valence-corrected chi connectivity index (χ2v) is 4.64. The van der Waals surface area contributed by atoms with Crippen molar-refractivity contribution in [3.8, 4) is 0 Å². The number of aromatic nitrogens is 2. The molecule has 0 aliphatic rings. The number of hydrogen-bond acceptors (Lipinski definition) is 5. The van der Waals surface area contributed by atoms with Crippen LogP contribution in [-0.2, 0) is 4.79 Å². The Morgan fingerprint density at radius 3 is 2.53 bits per heavy atom. The number of carboxylic acid groups (broad SMARTS) is 1. The van der Waals surface area contributed by atoms with Crippen LogP contribution in [0.4, 0.5) is 5.82 Å². The molecule has 0 saturated carbocycles. The van der Waals surface area contributed by atoms with E-state index in [0.29, 0.717) is 18.3 Å². The molecule has 0 spiro atoms. The first kappa shape index (κ1) is 14.9. The lowest BCUT2D eigenvalue weighted by Gasteiger charge is -2.17. The van der Waals surface area contributed by atoms with E-state index in [4.69, 9.17) is 5.11 Å². The Kier molecular flexibility index (Phi) is 5.23. The van der Waals surface area contributed by atoms with Gasteiger partial charge in [0.05, 0.1) is 6.54 Å². The molecule has 104 valence electrons. The van der Waals surface area contributed by atoms with Gasteiger partial charge in [-0.1, -0.05) is 13.8 Å². The Morgan fingerprint density at radius 1 is 1.37 bits per heavy atom. The maximum atomic E-state index is 11.6. The van der Waals surface area contributed by atoms with Crippen molar-refractivity contribution < 1.29 is 14.7 Å². The second-order valence-electron chi connectivity index (χ2n) is 4.64. The molecule has 0 aliphatic carbocycles. The second kappa shape index (κ2) is 6.67. The molecule has 1 rings (SSSR count). The standard InChI is InChI=1S/C12H18N4O3/c1-8(2)6-13-11(17)7-16(3)10-5-4-9(12(18)19)14-15-10/h4-5,8H,6-7H2,1-3H3,(H,13,17)(H,18,19). The first-order chi connectivity index (χ1) is 8.90. The summed E-state index contributed by atoms with van der Waals surface area (Å²) < 4.78 is 0. The Morgan fingerprint density at radius 2 is 2.05 bits per heavy atom. The van der Waals surface area contributed by atoms with Gasteiger partial charge >= 0.3 is 5.97 Å². The molecule has 0 aromatic carbocycles. The summed E-state index contributed by atoms with van der Waals surface area (Å²) in [5, 5.41) is 18.8. The molecule has 7 nitrogen and oxygen atoms in total. The number of aromatic carboxylic acids is 1. The van der Waals surface area contributed by atoms with Gasteiger partial charge in [0.1, 0.15) is 0 Å². The zero-order chi connectivity index (χ0) is 14.4. The summed E-state index contributed by atoms with van der Waals surface area (Å²) in [5.74, 6) is -0.398. The number of carboxylic acids is 1. The minimum absolute atomic E-state index is 0.111. The van der Waals surface area contributed by atoms with Gasteiger partial charge in [-0.2, -0.15) is 0 Å². The average molecular weight is 266 g/mol. The van der Waals surface area contributed by atoms with Crippen LogP contribution in [0.1, 0.15) is 24.3 Å². The summed E-state index contributed by atoms with van der Waals surface area (Å²) in [6.07, 6.45) is 0. The van der Waals surface area contributed by atoms with E-state index in [2.05, 4.69) is 15.5 Å². The summed E-state index contributed by atoms with van der Waals surface area (Å²) in [6, 6.07) is 2.87. The predicted molar refractivity (Wildman–Crippen MR) is 70.1 cm³/mol. The molecule has 1 heterocycles. The Bertz CT molecular complexity index is 445. The minimum atomic E-state index is -1.13. The molecule has 1 aromatic rings. The fourth-order valence-corrected chi connectivity index (χ4v) is 1.31. The summed E-state index contributed by atoms with van der Waals surface area (Å²) in [5.41, 5.74) is -0.124. The van der Waals surface area contributed by atoms with Crippen LogP contribution in [0.3, 0.4) is 0 Å². The molecule has 0 saturated heterocycles. The zero-order valence-corrected chi connectivity index (χ0v) is 11.3. The van der Waals surface area contributed by atoms with Crippen molar-refractivity contribution in [1.82, 2.24) is 15.5 Å². The van der Waals surface area contributed by atoms with Crippen molar-refractivity contribution >= 4 is 17.7 Å². The molecule has 0 fully saturated rings. The van der Waals surface area contributed by atoms with Gasteiger partial charge in [-0.25, -0.2) is 4.79 Å². The summed E-state index contributed by atoms with van der Waals surface area (Å²) >= 11 is 0. The van der Waals surface area contributed by atoms with Gasteiger partial charge in [0, 0.05) is 13.6 Å². The topological polar surface area (TPSA) is 95.4 Å². The van der Waals surface area contributed by atoms with E-state index in [1.54, 1.807) is 11.9 Å². The third kappa shape index (κ3) is 4.90. The average Bonchev–Trinajstić information content (AvgIpc) is 2.36. The molecule has 0 atom stereocenters. The summed E-state index contributed by atoms with van der Waals surface area (Å²) in [6.45, 7) is 4.80. The Labute approximate surface area is 111 Å². The first-order valence-electron chi connectivity index (χ1n) is 5.95. The van der Waals surface area contributed by atoms with E-state index in [0.717, 1.165) is 0 Å². The highest BCUT2D eigenvalue weighted by Crippen LogP contribution is 2.06. The molecule has 1 amide bonds. The third-order valence-electron chi connectivity index (χ3n) is 2.35. The number of carbonyl (C=O) groups is 2. The maximum Gasteiger partial charge on any atom is 0.356 e. The van der Waals surface area contributed by atoms with E-state index in [-0.39, 0.29) is 18.1 Å². The van der Waals surface area contributed by atoms with Gasteiger partial charge in [-0.05, 0) is 18.1 Å². The van der Waals surface area contributed by atoms with Crippen LogP contribution in [0.5, 0.6) is 0 Å². The molecule has 0 bridgehead atoms. The smallest absolute Gasteiger partial charge is 0.356 e. The van der Waals surface area contributed by atoms with E-state index < -0.39 is 5.97 Å². The van der Waals surface area contributed by atoms with Crippen molar-refractivity contribution in [2.24, 2.45) is 5.92 Å². The number of anilines is 1. The lowest BCUT2D eigenvalue weighted by atomic mass is 10.2. The lowest BCUT2D eigenvalue weighted by Crippen LogP contribution is -2.37. The largest absolute Gasteiger partial charge is 0.476 e. The molecule has 0 aliphatic heterocycles. The number of hydrogen-bond donors (Lipinski definition) is 2. The number of nitrogens with zero attached hydrogens (tertiary/aromatic N) is 3. The van der Waals surface area contributed by atoms with Gasteiger partial charge < -0.3 is 15.3 Å². The van der Waals surface area contributed by atoms with Crippen LogP contribution >= 0.6 is 0 Å². The lowest BCUT2D eigenvalue weighted by molar-refractivity contribution is -0.119. The zero-order valence-electron chi connectivity index (χ0n) is 11.3. The molecule has 2 N–H and O–H groups in total. The van der Waals surface area contributed by atoms with Gasteiger partial charge in [-0.15, -0.1) is 10.2 Å². The number of likely N-dealkylation sites (N-methyl/N-ethyl adjacent to an activating group) is 1. The Hall–Kier alpha value is -2.18. The van der Waals surface area contributed by atoms with Crippen molar-refractivity contribution in [2.45, 2.75) is 13.8 Å². The minimum Gasteiger partial charge on any atom is -0.476 e. The SMILES string of the molecule is CC(C)CNC(=O)CN(C)c1ccc(C(=O)O)nn1. The monoisotopic (exact) mass is 266 g/mol. The third-order valence-corrected chi connectivity index (χ3v) is 2.35. The highest BCUT2D eigenvalue weighted by atomic mass is 16.4. The van der Waals surface area contributed by atoms with Crippen LogP contribution in [0.25, 0.3) is 0 Å². The van der Waals surface area contributed by atoms with Crippen LogP contribution in [0.2, 0.25) is 0 Å².